The molecule has 0 amide bonds. The van der Waals surface area contributed by atoms with Gasteiger partial charge in [0.2, 0.25) is 0 Å². The first kappa shape index (κ1) is 20.2. The molecule has 154 valence electrons. The fourth-order valence-electron chi connectivity index (χ4n) is 3.61. The number of nitrogens with two attached hydrogens (primary N) is 1. The monoisotopic (exact) mass is 404 g/mol. The molecule has 30 heavy (non-hydrogen) atoms. The summed E-state index contributed by atoms with van der Waals surface area (Å²) in [6.07, 6.45) is 4.36. The highest BCUT2D eigenvalue weighted by molar-refractivity contribution is 6.08. The van der Waals surface area contributed by atoms with E-state index in [9.17, 15) is 4.39 Å². The van der Waals surface area contributed by atoms with Crippen molar-refractivity contribution in [3.8, 4) is 0 Å². The number of hydrogen-bond donors (Lipinski definition) is 3. The van der Waals surface area contributed by atoms with E-state index < -0.39 is 0 Å². The standard InChI is InChI=1S/C24H25FN4O/c25-19-8-9-20-21-12-18(15-28-23(21)24(26)29-22(20)13-19)7-4-16-2-5-17(6-3-16)14-27-10-1-11-30/h2-3,5-6,8-9,12-13,15,27,30H,1,4,7,10-11,14H2,(H2,26,29). The van der Waals surface area contributed by atoms with Gasteiger partial charge in [0.15, 0.2) is 5.82 Å². The number of pyridine rings is 2. The zero-order chi connectivity index (χ0) is 20.9. The van der Waals surface area contributed by atoms with E-state index in [0.717, 1.165) is 48.7 Å². The number of nitrogen functional groups attached to an aromatic ring is 1. The fraction of sp³-hybridized carbons (Fsp3) is 0.250. The second-order valence-electron chi connectivity index (χ2n) is 7.47. The molecule has 0 atom stereocenters. The van der Waals surface area contributed by atoms with E-state index in [2.05, 4.69) is 45.6 Å². The van der Waals surface area contributed by atoms with Crippen LogP contribution in [0.5, 0.6) is 0 Å². The van der Waals surface area contributed by atoms with Crippen LogP contribution in [0.4, 0.5) is 10.2 Å². The van der Waals surface area contributed by atoms with Crippen molar-refractivity contribution in [2.75, 3.05) is 18.9 Å². The molecule has 5 nitrogen and oxygen atoms in total. The molecule has 4 rings (SSSR count). The second kappa shape index (κ2) is 9.15. The Morgan fingerprint density at radius 3 is 2.50 bits per heavy atom. The summed E-state index contributed by atoms with van der Waals surface area (Å²) in [6.45, 7) is 1.83. The molecule has 0 aliphatic heterocycles. The molecule has 0 saturated carbocycles. The Labute approximate surface area is 174 Å². The first-order valence-corrected chi connectivity index (χ1v) is 10.2. The minimum atomic E-state index is -0.329. The first-order valence-electron chi connectivity index (χ1n) is 10.2. The molecule has 0 bridgehead atoms. The quantitative estimate of drug-likeness (QED) is 0.308. The van der Waals surface area contributed by atoms with Gasteiger partial charge in [0.05, 0.1) is 5.52 Å². The summed E-state index contributed by atoms with van der Waals surface area (Å²) in [5, 5.41) is 13.9. The van der Waals surface area contributed by atoms with Crippen molar-refractivity contribution in [1.29, 1.82) is 0 Å². The van der Waals surface area contributed by atoms with Crippen LogP contribution in [-0.4, -0.2) is 28.2 Å². The maximum atomic E-state index is 13.6. The summed E-state index contributed by atoms with van der Waals surface area (Å²) < 4.78 is 13.6. The van der Waals surface area contributed by atoms with Crippen LogP contribution >= 0.6 is 0 Å². The van der Waals surface area contributed by atoms with Gasteiger partial charge in [0, 0.05) is 36.2 Å². The third-order valence-electron chi connectivity index (χ3n) is 5.24. The van der Waals surface area contributed by atoms with Gasteiger partial charge >= 0.3 is 0 Å². The number of anilines is 1. The summed E-state index contributed by atoms with van der Waals surface area (Å²) in [7, 11) is 0. The lowest BCUT2D eigenvalue weighted by atomic mass is 10.0. The number of aliphatic hydroxyl groups is 1. The van der Waals surface area contributed by atoms with Crippen molar-refractivity contribution in [2.45, 2.75) is 25.8 Å². The van der Waals surface area contributed by atoms with E-state index in [4.69, 9.17) is 10.8 Å². The SMILES string of the molecule is Nc1nc2cc(F)ccc2c2cc(CCc3ccc(CNCCCO)cc3)cnc12. The predicted octanol–water partition coefficient (Wildman–Crippen LogP) is 3.76. The van der Waals surface area contributed by atoms with Crippen LogP contribution in [0.25, 0.3) is 21.8 Å². The first-order chi connectivity index (χ1) is 14.6. The number of aliphatic hydroxyl groups excluding tert-OH is 1. The number of nitrogens with zero attached hydrogens (tertiary/aromatic N) is 2. The molecule has 0 fully saturated rings. The Hall–Kier alpha value is -3.09. The number of hydrogen-bond acceptors (Lipinski definition) is 5. The molecule has 0 saturated heterocycles. The van der Waals surface area contributed by atoms with Gasteiger partial charge < -0.3 is 16.2 Å². The molecule has 0 aliphatic rings. The topological polar surface area (TPSA) is 84.1 Å². The number of fused-ring (bicyclic) bond motifs is 3. The fourth-order valence-corrected chi connectivity index (χ4v) is 3.61. The van der Waals surface area contributed by atoms with E-state index in [1.807, 2.05) is 6.20 Å². The molecule has 4 N–H and O–H groups in total. The lowest BCUT2D eigenvalue weighted by molar-refractivity contribution is 0.286. The highest BCUT2D eigenvalue weighted by Gasteiger charge is 2.09. The van der Waals surface area contributed by atoms with Gasteiger partial charge in [-0.25, -0.2) is 9.37 Å². The number of nitrogens with one attached hydrogen (secondary N) is 1. The lowest BCUT2D eigenvalue weighted by Crippen LogP contribution is -2.15. The van der Waals surface area contributed by atoms with Crippen molar-refractivity contribution in [2.24, 2.45) is 0 Å². The molecular formula is C24H25FN4O. The van der Waals surface area contributed by atoms with Crippen molar-refractivity contribution in [3.05, 3.63) is 77.2 Å². The van der Waals surface area contributed by atoms with Crippen molar-refractivity contribution >= 4 is 27.6 Å². The predicted molar refractivity (Wildman–Crippen MR) is 119 cm³/mol. The molecule has 4 aromatic rings. The molecule has 2 aromatic carbocycles. The minimum absolute atomic E-state index is 0.214. The Kier molecular flexibility index (Phi) is 6.16. The van der Waals surface area contributed by atoms with Crippen LogP contribution in [0.15, 0.2) is 54.7 Å². The van der Waals surface area contributed by atoms with Gasteiger partial charge in [-0.15, -0.1) is 0 Å². The van der Waals surface area contributed by atoms with E-state index in [-0.39, 0.29) is 12.4 Å². The summed E-state index contributed by atoms with van der Waals surface area (Å²) in [5.74, 6) is -0.0113. The van der Waals surface area contributed by atoms with E-state index in [1.54, 1.807) is 6.07 Å². The number of halogens is 1. The lowest BCUT2D eigenvalue weighted by Gasteiger charge is -2.09. The summed E-state index contributed by atoms with van der Waals surface area (Å²) in [6, 6.07) is 15.2. The number of aromatic nitrogens is 2. The van der Waals surface area contributed by atoms with Gasteiger partial charge in [-0.2, -0.15) is 0 Å². The van der Waals surface area contributed by atoms with Crippen LogP contribution < -0.4 is 11.1 Å². The van der Waals surface area contributed by atoms with Crippen molar-refractivity contribution in [3.63, 3.8) is 0 Å². The summed E-state index contributed by atoms with van der Waals surface area (Å²) >= 11 is 0. The Balaban J connectivity index is 1.48. The van der Waals surface area contributed by atoms with E-state index in [0.29, 0.717) is 16.9 Å². The molecule has 2 heterocycles. The molecule has 0 aliphatic carbocycles. The van der Waals surface area contributed by atoms with Crippen LogP contribution in [0.1, 0.15) is 23.1 Å². The van der Waals surface area contributed by atoms with Crippen LogP contribution in [0, 0.1) is 5.82 Å². The van der Waals surface area contributed by atoms with Gasteiger partial charge in [0.1, 0.15) is 11.3 Å². The van der Waals surface area contributed by atoms with Gasteiger partial charge in [-0.3, -0.25) is 4.98 Å². The smallest absolute Gasteiger partial charge is 0.150 e. The molecule has 0 unspecified atom stereocenters. The highest BCUT2D eigenvalue weighted by Crippen LogP contribution is 2.28. The van der Waals surface area contributed by atoms with Gasteiger partial charge in [-0.05, 0) is 60.7 Å². The molecule has 0 radical (unpaired) electrons. The largest absolute Gasteiger partial charge is 0.396 e. The maximum Gasteiger partial charge on any atom is 0.150 e. The normalized spacial score (nSPS) is 11.4. The number of benzene rings is 2. The number of aryl methyl sites for hydroxylation is 2. The van der Waals surface area contributed by atoms with E-state index >= 15 is 0 Å². The Morgan fingerprint density at radius 1 is 0.933 bits per heavy atom. The van der Waals surface area contributed by atoms with Crippen molar-refractivity contribution < 1.29 is 9.50 Å². The molecular weight excluding hydrogens is 379 g/mol. The zero-order valence-corrected chi connectivity index (χ0v) is 16.7. The zero-order valence-electron chi connectivity index (χ0n) is 16.7. The third kappa shape index (κ3) is 4.56. The maximum absolute atomic E-state index is 13.6. The third-order valence-corrected chi connectivity index (χ3v) is 5.24. The summed E-state index contributed by atoms with van der Waals surface area (Å²) in [5.41, 5.74) is 10.8. The average Bonchev–Trinajstić information content (AvgIpc) is 2.76. The second-order valence-corrected chi connectivity index (χ2v) is 7.47. The van der Waals surface area contributed by atoms with Gasteiger partial charge in [0.25, 0.3) is 0 Å². The van der Waals surface area contributed by atoms with Crippen LogP contribution in [0.3, 0.4) is 0 Å². The molecule has 2 aromatic heterocycles. The van der Waals surface area contributed by atoms with Crippen LogP contribution in [-0.2, 0) is 19.4 Å². The highest BCUT2D eigenvalue weighted by atomic mass is 19.1. The van der Waals surface area contributed by atoms with Gasteiger partial charge in [-0.1, -0.05) is 24.3 Å². The minimum Gasteiger partial charge on any atom is -0.396 e. The Morgan fingerprint density at radius 2 is 1.70 bits per heavy atom. The summed E-state index contributed by atoms with van der Waals surface area (Å²) in [4.78, 5) is 8.81. The Bertz CT molecular complexity index is 1160. The van der Waals surface area contributed by atoms with Crippen molar-refractivity contribution in [1.82, 2.24) is 15.3 Å². The molecule has 0 spiro atoms. The average molecular weight is 404 g/mol. The van der Waals surface area contributed by atoms with E-state index in [1.165, 1.54) is 23.3 Å². The van der Waals surface area contributed by atoms with Crippen LogP contribution in [0.2, 0.25) is 0 Å². The number of rotatable bonds is 8. The molecule has 6 heteroatoms.